The number of anilines is 3. The van der Waals surface area contributed by atoms with E-state index in [1.165, 1.54) is 12.3 Å². The van der Waals surface area contributed by atoms with Gasteiger partial charge in [0.15, 0.2) is 11.6 Å². The molecule has 5 heterocycles. The molecule has 0 saturated heterocycles. The Bertz CT molecular complexity index is 2050. The molecule has 3 aromatic heterocycles. The second kappa shape index (κ2) is 13.0. The number of fused-ring (bicyclic) bond motifs is 4. The lowest BCUT2D eigenvalue weighted by atomic mass is 9.92. The van der Waals surface area contributed by atoms with Gasteiger partial charge in [-0.25, -0.2) is 8.78 Å². The topological polar surface area (TPSA) is 126 Å². The number of aromatic nitrogens is 3. The fraction of sp³-hybridized carbons (Fsp3) is 0.229. The molecule has 2 unspecified atom stereocenters. The molecule has 0 spiro atoms. The third-order valence-corrected chi connectivity index (χ3v) is 8.92. The lowest BCUT2D eigenvalue weighted by Crippen LogP contribution is -2.38. The summed E-state index contributed by atoms with van der Waals surface area (Å²) in [5.41, 5.74) is 3.32. The Morgan fingerprint density at radius 1 is 1.06 bits per heavy atom. The highest BCUT2D eigenvalue weighted by Crippen LogP contribution is 2.38. The van der Waals surface area contributed by atoms with E-state index < -0.39 is 17.7 Å². The van der Waals surface area contributed by atoms with Gasteiger partial charge in [0.2, 0.25) is 11.8 Å². The second-order valence-corrected chi connectivity index (χ2v) is 12.2. The second-order valence-electron chi connectivity index (χ2n) is 11.8. The number of amides is 2. The molecule has 2 atom stereocenters. The lowest BCUT2D eigenvalue weighted by molar-refractivity contribution is -0.129. The largest absolute Gasteiger partial charge is 0.459 e. The molecule has 2 amide bonds. The Hall–Kier alpha value is -5.36. The highest BCUT2D eigenvalue weighted by molar-refractivity contribution is 6.31. The van der Waals surface area contributed by atoms with Crippen LogP contribution in [0, 0.1) is 17.6 Å². The smallest absolute Gasteiger partial charge is 0.320 e. The summed E-state index contributed by atoms with van der Waals surface area (Å²) in [5.74, 6) is -1.85. The number of benzene rings is 2. The Balaban J connectivity index is 1.20. The summed E-state index contributed by atoms with van der Waals surface area (Å²) in [6, 6.07) is 14.6. The molecular formula is C35H29ClF2N6O4. The zero-order chi connectivity index (χ0) is 33.4. The number of rotatable bonds is 5. The average molecular weight is 671 g/mol. The minimum absolute atomic E-state index is 0.146. The van der Waals surface area contributed by atoms with Crippen LogP contribution >= 0.6 is 11.6 Å². The molecule has 0 saturated carbocycles. The van der Waals surface area contributed by atoms with Gasteiger partial charge in [0.25, 0.3) is 5.89 Å². The zero-order valence-corrected chi connectivity index (χ0v) is 26.4. The van der Waals surface area contributed by atoms with E-state index >= 15 is 0 Å². The SMILES string of the molecule is CC1CCCC(N2CCC(c3c(F)ccc(Cl)c3F)=CC2=O)c2cc(ccn2)-c2ccc(Nc3nnc(-c4ccco4)o3)cc2NC1=O. The average Bonchev–Trinajstić information content (AvgIpc) is 3.78. The minimum atomic E-state index is -0.885. The number of nitrogens with one attached hydrogen (secondary N) is 2. The van der Waals surface area contributed by atoms with E-state index in [9.17, 15) is 18.4 Å². The molecule has 244 valence electrons. The first kappa shape index (κ1) is 31.3. The van der Waals surface area contributed by atoms with Crippen LogP contribution < -0.4 is 10.6 Å². The van der Waals surface area contributed by atoms with Crippen molar-refractivity contribution in [2.45, 2.75) is 38.6 Å². The Morgan fingerprint density at radius 3 is 2.75 bits per heavy atom. The van der Waals surface area contributed by atoms with Crippen LogP contribution in [-0.4, -0.2) is 38.4 Å². The maximum Gasteiger partial charge on any atom is 0.320 e. The van der Waals surface area contributed by atoms with Crippen molar-refractivity contribution >= 4 is 46.4 Å². The van der Waals surface area contributed by atoms with Gasteiger partial charge in [-0.1, -0.05) is 36.1 Å². The summed E-state index contributed by atoms with van der Waals surface area (Å²) in [5, 5.41) is 14.0. The van der Waals surface area contributed by atoms with E-state index in [1.54, 1.807) is 29.3 Å². The van der Waals surface area contributed by atoms with Crippen LogP contribution in [0.15, 0.2) is 82.0 Å². The van der Waals surface area contributed by atoms with Crippen molar-refractivity contribution < 1.29 is 27.2 Å². The van der Waals surface area contributed by atoms with Gasteiger partial charge >= 0.3 is 6.01 Å². The minimum Gasteiger partial charge on any atom is -0.459 e. The molecule has 10 nitrogen and oxygen atoms in total. The predicted molar refractivity (Wildman–Crippen MR) is 175 cm³/mol. The summed E-state index contributed by atoms with van der Waals surface area (Å²) < 4.78 is 40.5. The number of furan rings is 1. The monoisotopic (exact) mass is 670 g/mol. The number of hydrogen-bond donors (Lipinski definition) is 2. The number of carbonyl (C=O) groups is 2. The zero-order valence-electron chi connectivity index (χ0n) is 25.7. The molecule has 7 rings (SSSR count). The summed E-state index contributed by atoms with van der Waals surface area (Å²) in [6.45, 7) is 2.09. The van der Waals surface area contributed by atoms with Crippen LogP contribution in [-0.2, 0) is 9.59 Å². The Morgan fingerprint density at radius 2 is 1.94 bits per heavy atom. The maximum absolute atomic E-state index is 14.8. The summed E-state index contributed by atoms with van der Waals surface area (Å²) >= 11 is 5.92. The first-order chi connectivity index (χ1) is 23.2. The summed E-state index contributed by atoms with van der Waals surface area (Å²) in [6.07, 6.45) is 6.44. The van der Waals surface area contributed by atoms with E-state index in [0.717, 1.165) is 23.3 Å². The fourth-order valence-electron chi connectivity index (χ4n) is 6.12. The van der Waals surface area contributed by atoms with Gasteiger partial charge in [-0.05, 0) is 78.9 Å². The van der Waals surface area contributed by atoms with E-state index in [0.29, 0.717) is 42.1 Å². The number of nitrogens with zero attached hydrogens (tertiary/aromatic N) is 4. The third-order valence-electron chi connectivity index (χ3n) is 8.63. The van der Waals surface area contributed by atoms with Crippen LogP contribution in [0.3, 0.4) is 0 Å². The van der Waals surface area contributed by atoms with Gasteiger partial charge in [0, 0.05) is 36.0 Å². The Kier molecular flexibility index (Phi) is 8.49. The molecule has 0 radical (unpaired) electrons. The third kappa shape index (κ3) is 6.18. The van der Waals surface area contributed by atoms with E-state index in [1.807, 2.05) is 31.2 Å². The van der Waals surface area contributed by atoms with E-state index in [4.69, 9.17) is 20.4 Å². The van der Waals surface area contributed by atoms with Crippen molar-refractivity contribution in [2.24, 2.45) is 5.92 Å². The van der Waals surface area contributed by atoms with Crippen LogP contribution in [0.1, 0.15) is 49.9 Å². The highest BCUT2D eigenvalue weighted by Gasteiger charge is 2.31. The van der Waals surface area contributed by atoms with Gasteiger partial charge in [-0.15, -0.1) is 5.10 Å². The van der Waals surface area contributed by atoms with Crippen molar-refractivity contribution in [1.29, 1.82) is 0 Å². The summed E-state index contributed by atoms with van der Waals surface area (Å²) in [4.78, 5) is 33.3. The molecule has 48 heavy (non-hydrogen) atoms. The molecule has 2 aromatic carbocycles. The molecule has 0 fully saturated rings. The quantitative estimate of drug-likeness (QED) is 0.179. The predicted octanol–water partition coefficient (Wildman–Crippen LogP) is 8.18. The van der Waals surface area contributed by atoms with E-state index in [-0.39, 0.29) is 58.8 Å². The van der Waals surface area contributed by atoms with Crippen LogP contribution in [0.25, 0.3) is 28.4 Å². The molecular weight excluding hydrogens is 642 g/mol. The van der Waals surface area contributed by atoms with Crippen molar-refractivity contribution in [3.8, 4) is 22.8 Å². The molecule has 2 bridgehead atoms. The molecule has 0 aliphatic carbocycles. The van der Waals surface area contributed by atoms with Gasteiger partial charge in [-0.3, -0.25) is 14.6 Å². The molecule has 2 aliphatic rings. The van der Waals surface area contributed by atoms with Gasteiger partial charge in [-0.2, -0.15) is 0 Å². The fourth-order valence-corrected chi connectivity index (χ4v) is 6.28. The Labute approximate surface area is 278 Å². The summed E-state index contributed by atoms with van der Waals surface area (Å²) in [7, 11) is 0. The number of halogens is 3. The van der Waals surface area contributed by atoms with Gasteiger partial charge < -0.3 is 24.4 Å². The standard InChI is InChI=1S/C35H29ClF2N6O4/c1-19-4-2-5-28(44-14-12-21(17-30(44)45)31-25(37)10-9-24(36)32(31)38)27-16-20(11-13-39-27)23-8-7-22(18-26(23)41-33(19)46)40-35-43-42-34(48-35)29-6-3-15-47-29/h3,6-11,13,15-19,28H,2,4-5,12,14H2,1H3,(H,40,43)(H,41,46). The van der Waals surface area contributed by atoms with Crippen LogP contribution in [0.5, 0.6) is 0 Å². The normalized spacial score (nSPS) is 18.3. The number of hydrogen-bond acceptors (Lipinski definition) is 8. The molecule has 13 heteroatoms. The van der Waals surface area contributed by atoms with Crippen molar-refractivity contribution in [2.75, 3.05) is 17.2 Å². The number of carbonyl (C=O) groups excluding carboxylic acids is 2. The van der Waals surface area contributed by atoms with Crippen molar-refractivity contribution in [3.63, 3.8) is 0 Å². The van der Waals surface area contributed by atoms with Crippen LogP contribution in [0.2, 0.25) is 5.02 Å². The highest BCUT2D eigenvalue weighted by atomic mass is 35.5. The van der Waals surface area contributed by atoms with Gasteiger partial charge in [0.05, 0.1) is 34.3 Å². The molecule has 5 aromatic rings. The van der Waals surface area contributed by atoms with Gasteiger partial charge in [0.1, 0.15) is 5.82 Å². The molecule has 2 aliphatic heterocycles. The number of pyridine rings is 1. The molecule has 2 N–H and O–H groups in total. The first-order valence-electron chi connectivity index (χ1n) is 15.5. The van der Waals surface area contributed by atoms with Crippen LogP contribution in [0.4, 0.5) is 26.2 Å². The van der Waals surface area contributed by atoms with Crippen molar-refractivity contribution in [3.05, 3.63) is 101 Å². The first-order valence-corrected chi connectivity index (χ1v) is 15.8. The maximum atomic E-state index is 14.8. The van der Waals surface area contributed by atoms with E-state index in [2.05, 4.69) is 25.8 Å². The van der Waals surface area contributed by atoms with Crippen molar-refractivity contribution in [1.82, 2.24) is 20.1 Å². The lowest BCUT2D eigenvalue weighted by Gasteiger charge is -2.34.